The molecule has 114 valence electrons. The highest BCUT2D eigenvalue weighted by molar-refractivity contribution is 6.00. The molecule has 0 saturated carbocycles. The summed E-state index contributed by atoms with van der Waals surface area (Å²) in [5.41, 5.74) is 7.44. The Labute approximate surface area is 124 Å². The summed E-state index contributed by atoms with van der Waals surface area (Å²) in [5.74, 6) is -0.369. The Hall–Kier alpha value is -1.92. The van der Waals surface area contributed by atoms with Crippen LogP contribution in [0, 0.1) is 6.92 Å². The first-order valence-electron chi connectivity index (χ1n) is 7.05. The van der Waals surface area contributed by atoms with Crippen LogP contribution in [0.3, 0.4) is 0 Å². The first-order valence-corrected chi connectivity index (χ1v) is 7.05. The van der Waals surface area contributed by atoms with Gasteiger partial charge in [-0.15, -0.1) is 0 Å². The summed E-state index contributed by atoms with van der Waals surface area (Å²) in [6.07, 6.45) is 0.953. The Kier molecular flexibility index (Phi) is 4.93. The minimum Gasteiger partial charge on any atom is -0.364 e. The van der Waals surface area contributed by atoms with Crippen LogP contribution < -0.4 is 16.4 Å². The van der Waals surface area contributed by atoms with Crippen LogP contribution in [-0.2, 0) is 9.53 Å². The minimum absolute atomic E-state index is 0.0425. The van der Waals surface area contributed by atoms with Gasteiger partial charge in [-0.05, 0) is 37.5 Å². The molecule has 1 heterocycles. The van der Waals surface area contributed by atoms with Crippen molar-refractivity contribution in [2.75, 3.05) is 18.9 Å². The lowest BCUT2D eigenvalue weighted by atomic mass is 10.1. The summed E-state index contributed by atoms with van der Waals surface area (Å²) in [6.45, 7) is 2.23. The van der Waals surface area contributed by atoms with Crippen molar-refractivity contribution >= 4 is 17.5 Å². The Morgan fingerprint density at radius 2 is 2.14 bits per heavy atom. The fourth-order valence-electron chi connectivity index (χ4n) is 2.44. The van der Waals surface area contributed by atoms with Gasteiger partial charge in [-0.3, -0.25) is 9.59 Å². The highest BCUT2D eigenvalue weighted by atomic mass is 16.5. The van der Waals surface area contributed by atoms with E-state index in [1.54, 1.807) is 32.2 Å². The minimum atomic E-state index is -0.471. The molecular formula is C15H21N3O3. The molecule has 0 aliphatic carbocycles. The number of carbonyl (C=O) groups excluding carboxylic acids is 2. The molecule has 2 atom stereocenters. The molecule has 2 amide bonds. The lowest BCUT2D eigenvalue weighted by Crippen LogP contribution is -2.30. The van der Waals surface area contributed by atoms with Crippen LogP contribution in [0.2, 0.25) is 0 Å². The maximum absolute atomic E-state index is 12.2. The summed E-state index contributed by atoms with van der Waals surface area (Å²) < 4.78 is 5.57. The van der Waals surface area contributed by atoms with E-state index in [1.165, 1.54) is 0 Å². The highest BCUT2D eigenvalue weighted by Crippen LogP contribution is 2.23. The van der Waals surface area contributed by atoms with Gasteiger partial charge in [-0.1, -0.05) is 6.07 Å². The molecule has 6 nitrogen and oxygen atoms in total. The predicted octanol–water partition coefficient (Wildman–Crippen LogP) is 0.799. The third-order valence-electron chi connectivity index (χ3n) is 3.73. The molecule has 1 aliphatic heterocycles. The van der Waals surface area contributed by atoms with Crippen LogP contribution in [-0.4, -0.2) is 37.6 Å². The van der Waals surface area contributed by atoms with Gasteiger partial charge >= 0.3 is 0 Å². The number of anilines is 1. The predicted molar refractivity (Wildman–Crippen MR) is 80.1 cm³/mol. The van der Waals surface area contributed by atoms with E-state index < -0.39 is 6.10 Å². The van der Waals surface area contributed by atoms with Gasteiger partial charge in [0.25, 0.3) is 11.8 Å². The Balaban J connectivity index is 2.09. The largest absolute Gasteiger partial charge is 0.364 e. The molecule has 2 rings (SSSR count). The second-order valence-electron chi connectivity index (χ2n) is 5.11. The lowest BCUT2D eigenvalue weighted by Gasteiger charge is -2.15. The fraction of sp³-hybridized carbons (Fsp3) is 0.467. The number of nitrogens with two attached hydrogens (primary N) is 1. The average Bonchev–Trinajstić information content (AvgIpc) is 2.97. The van der Waals surface area contributed by atoms with Crippen LogP contribution in [0.1, 0.15) is 28.8 Å². The van der Waals surface area contributed by atoms with Gasteiger partial charge < -0.3 is 21.1 Å². The molecule has 1 saturated heterocycles. The Morgan fingerprint density at radius 1 is 1.38 bits per heavy atom. The number of ether oxygens (including phenoxy) is 1. The van der Waals surface area contributed by atoms with Gasteiger partial charge in [0.1, 0.15) is 6.10 Å². The molecule has 0 radical (unpaired) electrons. The summed E-state index contributed by atoms with van der Waals surface area (Å²) in [4.78, 5) is 23.9. The molecule has 1 aliphatic rings. The Morgan fingerprint density at radius 3 is 2.76 bits per heavy atom. The zero-order valence-corrected chi connectivity index (χ0v) is 12.3. The SMILES string of the molecule is CNC(=O)c1cccc(NC(=O)C2CCC(CN)O2)c1C. The molecule has 6 heteroatoms. The Bertz CT molecular complexity index is 545. The number of carbonyl (C=O) groups is 2. The standard InChI is InChI=1S/C15H21N3O3/c1-9-11(14(19)17-2)4-3-5-12(9)18-15(20)13-7-6-10(8-16)21-13/h3-5,10,13H,6-8,16H2,1-2H3,(H,17,19)(H,18,20). The van der Waals surface area contributed by atoms with Crippen molar-refractivity contribution in [2.45, 2.75) is 32.0 Å². The molecule has 1 aromatic carbocycles. The summed E-state index contributed by atoms with van der Waals surface area (Å²) in [5, 5.41) is 5.41. The topological polar surface area (TPSA) is 93.5 Å². The second-order valence-corrected chi connectivity index (χ2v) is 5.11. The molecule has 4 N–H and O–H groups in total. The van der Waals surface area contributed by atoms with Crippen molar-refractivity contribution in [1.29, 1.82) is 0 Å². The number of benzene rings is 1. The highest BCUT2D eigenvalue weighted by Gasteiger charge is 2.30. The van der Waals surface area contributed by atoms with Crippen LogP contribution in [0.15, 0.2) is 18.2 Å². The summed E-state index contributed by atoms with van der Waals surface area (Å²) in [7, 11) is 1.58. The van der Waals surface area contributed by atoms with Crippen molar-refractivity contribution in [1.82, 2.24) is 5.32 Å². The van der Waals surface area contributed by atoms with E-state index in [-0.39, 0.29) is 17.9 Å². The van der Waals surface area contributed by atoms with Crippen molar-refractivity contribution in [3.05, 3.63) is 29.3 Å². The van der Waals surface area contributed by atoms with E-state index in [0.29, 0.717) is 24.2 Å². The quantitative estimate of drug-likeness (QED) is 0.765. The fourth-order valence-corrected chi connectivity index (χ4v) is 2.44. The number of rotatable bonds is 4. The average molecular weight is 291 g/mol. The van der Waals surface area contributed by atoms with E-state index >= 15 is 0 Å². The van der Waals surface area contributed by atoms with Gasteiger partial charge in [0.05, 0.1) is 6.10 Å². The maximum atomic E-state index is 12.2. The second kappa shape index (κ2) is 6.69. The molecule has 0 aromatic heterocycles. The normalized spacial score (nSPS) is 21.1. The third-order valence-corrected chi connectivity index (χ3v) is 3.73. The molecule has 2 unspecified atom stereocenters. The molecular weight excluding hydrogens is 270 g/mol. The maximum Gasteiger partial charge on any atom is 0.253 e. The van der Waals surface area contributed by atoms with E-state index in [0.717, 1.165) is 12.0 Å². The number of hydrogen-bond donors (Lipinski definition) is 3. The van der Waals surface area contributed by atoms with Gasteiger partial charge in [0, 0.05) is 24.8 Å². The van der Waals surface area contributed by atoms with E-state index in [1.807, 2.05) is 0 Å². The molecule has 0 bridgehead atoms. The van der Waals surface area contributed by atoms with Gasteiger partial charge in [-0.25, -0.2) is 0 Å². The molecule has 1 fully saturated rings. The van der Waals surface area contributed by atoms with Crippen molar-refractivity contribution in [2.24, 2.45) is 5.73 Å². The van der Waals surface area contributed by atoms with E-state index in [2.05, 4.69) is 10.6 Å². The molecule has 21 heavy (non-hydrogen) atoms. The zero-order chi connectivity index (χ0) is 15.4. The van der Waals surface area contributed by atoms with Crippen molar-refractivity contribution < 1.29 is 14.3 Å². The van der Waals surface area contributed by atoms with Crippen molar-refractivity contribution in [3.8, 4) is 0 Å². The number of amides is 2. The van der Waals surface area contributed by atoms with E-state index in [9.17, 15) is 9.59 Å². The van der Waals surface area contributed by atoms with Crippen LogP contribution in [0.25, 0.3) is 0 Å². The monoisotopic (exact) mass is 291 g/mol. The lowest BCUT2D eigenvalue weighted by molar-refractivity contribution is -0.126. The van der Waals surface area contributed by atoms with Crippen molar-refractivity contribution in [3.63, 3.8) is 0 Å². The molecule has 1 aromatic rings. The van der Waals surface area contributed by atoms with Crippen LogP contribution >= 0.6 is 0 Å². The molecule has 0 spiro atoms. The van der Waals surface area contributed by atoms with Crippen LogP contribution in [0.4, 0.5) is 5.69 Å². The number of hydrogen-bond acceptors (Lipinski definition) is 4. The third kappa shape index (κ3) is 3.40. The number of nitrogens with one attached hydrogen (secondary N) is 2. The van der Waals surface area contributed by atoms with Gasteiger partial charge in [-0.2, -0.15) is 0 Å². The summed E-state index contributed by atoms with van der Waals surface area (Å²) in [6, 6.07) is 5.24. The zero-order valence-electron chi connectivity index (χ0n) is 12.3. The van der Waals surface area contributed by atoms with Gasteiger partial charge in [0.2, 0.25) is 0 Å². The van der Waals surface area contributed by atoms with E-state index in [4.69, 9.17) is 10.5 Å². The van der Waals surface area contributed by atoms with Gasteiger partial charge in [0.15, 0.2) is 0 Å². The summed E-state index contributed by atoms with van der Waals surface area (Å²) >= 11 is 0. The van der Waals surface area contributed by atoms with Crippen LogP contribution in [0.5, 0.6) is 0 Å². The smallest absolute Gasteiger partial charge is 0.253 e. The first-order chi connectivity index (χ1) is 10.1. The first kappa shape index (κ1) is 15.5.